The Morgan fingerprint density at radius 1 is 1.16 bits per heavy atom. The third kappa shape index (κ3) is 2.85. The van der Waals surface area contributed by atoms with Crippen LogP contribution in [0.1, 0.15) is 17.0 Å². The Balaban J connectivity index is 1.63. The number of rotatable bonds is 4. The van der Waals surface area contributed by atoms with E-state index >= 15 is 0 Å². The van der Waals surface area contributed by atoms with Crippen LogP contribution in [0.2, 0.25) is 0 Å². The van der Waals surface area contributed by atoms with Crippen molar-refractivity contribution >= 4 is 0 Å². The van der Waals surface area contributed by atoms with E-state index in [1.807, 2.05) is 13.2 Å². The van der Waals surface area contributed by atoms with Crippen molar-refractivity contribution in [1.82, 2.24) is 19.8 Å². The van der Waals surface area contributed by atoms with E-state index in [-0.39, 0.29) is 0 Å². The molecule has 1 aliphatic heterocycles. The zero-order chi connectivity index (χ0) is 13.1. The summed E-state index contributed by atoms with van der Waals surface area (Å²) in [6.07, 6.45) is 3.96. The number of nitrogens with one attached hydrogen (secondary N) is 1. The van der Waals surface area contributed by atoms with Crippen LogP contribution in [0.25, 0.3) is 0 Å². The average molecular weight is 256 g/mol. The number of benzene rings is 1. The molecule has 0 saturated carbocycles. The van der Waals surface area contributed by atoms with Crippen LogP contribution in [-0.4, -0.2) is 28.0 Å². The number of hydrogen-bond donors (Lipinski definition) is 1. The summed E-state index contributed by atoms with van der Waals surface area (Å²) in [4.78, 5) is 6.85. The maximum atomic E-state index is 4.40. The quantitative estimate of drug-likeness (QED) is 0.902. The fraction of sp³-hybridized carbons (Fsp3) is 0.400. The lowest BCUT2D eigenvalue weighted by atomic mass is 10.1. The van der Waals surface area contributed by atoms with Crippen LogP contribution in [0.4, 0.5) is 0 Å². The summed E-state index contributed by atoms with van der Waals surface area (Å²) < 4.78 is 2.24. The lowest BCUT2D eigenvalue weighted by Crippen LogP contribution is -2.33. The van der Waals surface area contributed by atoms with E-state index in [1.165, 1.54) is 17.0 Å². The van der Waals surface area contributed by atoms with E-state index < -0.39 is 0 Å². The van der Waals surface area contributed by atoms with Crippen LogP contribution in [0, 0.1) is 0 Å². The second kappa shape index (κ2) is 5.55. The zero-order valence-corrected chi connectivity index (χ0v) is 11.3. The van der Waals surface area contributed by atoms with Crippen molar-refractivity contribution < 1.29 is 0 Å². The molecule has 0 saturated heterocycles. The van der Waals surface area contributed by atoms with E-state index in [2.05, 4.69) is 50.2 Å². The van der Waals surface area contributed by atoms with Gasteiger partial charge in [0, 0.05) is 38.6 Å². The summed E-state index contributed by atoms with van der Waals surface area (Å²) in [5.74, 6) is 1.18. The summed E-state index contributed by atoms with van der Waals surface area (Å²) in [6, 6.07) is 8.87. The first-order chi connectivity index (χ1) is 9.35. The molecule has 1 N–H and O–H groups in total. The van der Waals surface area contributed by atoms with Crippen LogP contribution < -0.4 is 5.32 Å². The van der Waals surface area contributed by atoms with Gasteiger partial charge in [-0.15, -0.1) is 0 Å². The van der Waals surface area contributed by atoms with Crippen LogP contribution in [0.3, 0.4) is 0 Å². The predicted molar refractivity (Wildman–Crippen MR) is 75.5 cm³/mol. The van der Waals surface area contributed by atoms with Gasteiger partial charge in [-0.25, -0.2) is 4.98 Å². The first-order valence-corrected chi connectivity index (χ1v) is 6.80. The van der Waals surface area contributed by atoms with Gasteiger partial charge in [0.1, 0.15) is 5.82 Å². The number of hydrogen-bond acceptors (Lipinski definition) is 3. The van der Waals surface area contributed by atoms with Crippen LogP contribution >= 0.6 is 0 Å². The van der Waals surface area contributed by atoms with Crippen molar-refractivity contribution in [2.75, 3.05) is 13.6 Å². The van der Waals surface area contributed by atoms with Crippen molar-refractivity contribution in [2.24, 2.45) is 0 Å². The van der Waals surface area contributed by atoms with Gasteiger partial charge in [0.05, 0.1) is 6.54 Å². The summed E-state index contributed by atoms with van der Waals surface area (Å²) >= 11 is 0. The van der Waals surface area contributed by atoms with E-state index in [9.17, 15) is 0 Å². The molecular formula is C15H20N4. The molecule has 4 heteroatoms. The van der Waals surface area contributed by atoms with Crippen molar-refractivity contribution in [2.45, 2.75) is 26.2 Å². The Bertz CT molecular complexity index is 529. The molecule has 2 heterocycles. The van der Waals surface area contributed by atoms with E-state index in [0.29, 0.717) is 0 Å². The van der Waals surface area contributed by atoms with Crippen molar-refractivity contribution in [3.05, 3.63) is 53.6 Å². The zero-order valence-electron chi connectivity index (χ0n) is 11.3. The Hall–Kier alpha value is -1.65. The first kappa shape index (κ1) is 12.4. The summed E-state index contributed by atoms with van der Waals surface area (Å²) in [5.41, 5.74) is 2.71. The smallest absolute Gasteiger partial charge is 0.122 e. The number of nitrogens with zero attached hydrogens (tertiary/aromatic N) is 3. The molecule has 19 heavy (non-hydrogen) atoms. The maximum Gasteiger partial charge on any atom is 0.122 e. The van der Waals surface area contributed by atoms with Gasteiger partial charge < -0.3 is 9.88 Å². The molecule has 0 amide bonds. The lowest BCUT2D eigenvalue weighted by Gasteiger charge is -2.27. The van der Waals surface area contributed by atoms with Gasteiger partial charge in [0.25, 0.3) is 0 Å². The second-order valence-corrected chi connectivity index (χ2v) is 5.09. The topological polar surface area (TPSA) is 33.1 Å². The van der Waals surface area contributed by atoms with Gasteiger partial charge in [0.15, 0.2) is 0 Å². The van der Waals surface area contributed by atoms with Crippen molar-refractivity contribution in [3.8, 4) is 0 Å². The maximum absolute atomic E-state index is 4.40. The van der Waals surface area contributed by atoms with E-state index in [0.717, 1.165) is 32.7 Å². The fourth-order valence-electron chi connectivity index (χ4n) is 2.58. The Morgan fingerprint density at radius 2 is 1.95 bits per heavy atom. The van der Waals surface area contributed by atoms with Gasteiger partial charge in [0.2, 0.25) is 0 Å². The van der Waals surface area contributed by atoms with Crippen LogP contribution in [0.5, 0.6) is 0 Å². The Morgan fingerprint density at radius 3 is 2.74 bits per heavy atom. The molecular weight excluding hydrogens is 236 g/mol. The van der Waals surface area contributed by atoms with Gasteiger partial charge in [-0.1, -0.05) is 24.3 Å². The van der Waals surface area contributed by atoms with Crippen molar-refractivity contribution in [1.29, 1.82) is 0 Å². The molecule has 1 aliphatic rings. The van der Waals surface area contributed by atoms with Gasteiger partial charge in [-0.3, -0.25) is 4.90 Å². The summed E-state index contributed by atoms with van der Waals surface area (Å²) in [6.45, 7) is 5.04. The highest BCUT2D eigenvalue weighted by molar-refractivity contribution is 5.22. The third-order valence-corrected chi connectivity index (χ3v) is 3.63. The standard InChI is InChI=1S/C15H20N4/c1-16-10-13-2-4-14(5-3-13)11-18-8-9-19-7-6-17-15(19)12-18/h2-7,16H,8-12H2,1H3. The molecule has 0 fully saturated rings. The Labute approximate surface area is 114 Å². The average Bonchev–Trinajstić information content (AvgIpc) is 2.89. The van der Waals surface area contributed by atoms with Crippen molar-refractivity contribution in [3.63, 3.8) is 0 Å². The SMILES string of the molecule is CNCc1ccc(CN2CCn3ccnc3C2)cc1. The molecule has 4 nitrogen and oxygen atoms in total. The molecule has 0 radical (unpaired) electrons. The molecule has 100 valence electrons. The largest absolute Gasteiger partial charge is 0.333 e. The van der Waals surface area contributed by atoms with Gasteiger partial charge in [-0.2, -0.15) is 0 Å². The molecule has 1 aromatic heterocycles. The van der Waals surface area contributed by atoms with Gasteiger partial charge in [-0.05, 0) is 18.2 Å². The molecule has 3 rings (SSSR count). The number of fused-ring (bicyclic) bond motifs is 1. The second-order valence-electron chi connectivity index (χ2n) is 5.09. The highest BCUT2D eigenvalue weighted by atomic mass is 15.2. The molecule has 2 aromatic rings. The fourth-order valence-corrected chi connectivity index (χ4v) is 2.58. The molecule has 0 atom stereocenters. The number of imidazole rings is 1. The van der Waals surface area contributed by atoms with Gasteiger partial charge >= 0.3 is 0 Å². The minimum Gasteiger partial charge on any atom is -0.333 e. The lowest BCUT2D eigenvalue weighted by molar-refractivity contribution is 0.209. The highest BCUT2D eigenvalue weighted by Crippen LogP contribution is 2.14. The molecule has 0 spiro atoms. The van der Waals surface area contributed by atoms with E-state index in [1.54, 1.807) is 0 Å². The first-order valence-electron chi connectivity index (χ1n) is 6.80. The Kier molecular flexibility index (Phi) is 3.62. The third-order valence-electron chi connectivity index (χ3n) is 3.63. The van der Waals surface area contributed by atoms with Crippen LogP contribution in [-0.2, 0) is 26.2 Å². The molecule has 0 unspecified atom stereocenters. The predicted octanol–water partition coefficient (Wildman–Crippen LogP) is 1.62. The van der Waals surface area contributed by atoms with E-state index in [4.69, 9.17) is 0 Å². The molecule has 1 aromatic carbocycles. The van der Waals surface area contributed by atoms with Crippen LogP contribution in [0.15, 0.2) is 36.7 Å². The minimum atomic E-state index is 0.932. The monoisotopic (exact) mass is 256 g/mol. The molecule has 0 bridgehead atoms. The minimum absolute atomic E-state index is 0.932. The number of aromatic nitrogens is 2. The summed E-state index contributed by atoms with van der Waals surface area (Å²) in [7, 11) is 1.98. The highest BCUT2D eigenvalue weighted by Gasteiger charge is 2.16. The molecule has 0 aliphatic carbocycles. The summed E-state index contributed by atoms with van der Waals surface area (Å²) in [5, 5.41) is 3.17. The normalized spacial score (nSPS) is 15.4.